The predicted molar refractivity (Wildman–Crippen MR) is 71.1 cm³/mol. The zero-order valence-corrected chi connectivity index (χ0v) is 11.6. The van der Waals surface area contributed by atoms with Gasteiger partial charge in [0.1, 0.15) is 0 Å². The SMILES string of the molecule is CCC1(CNC(=O)C2(C)COCC2N)CCCC1. The van der Waals surface area contributed by atoms with Crippen molar-refractivity contribution >= 4 is 5.91 Å². The summed E-state index contributed by atoms with van der Waals surface area (Å²) in [7, 11) is 0. The van der Waals surface area contributed by atoms with Crippen LogP contribution in [0.3, 0.4) is 0 Å². The first kappa shape index (κ1) is 13.8. The van der Waals surface area contributed by atoms with Gasteiger partial charge >= 0.3 is 0 Å². The molecule has 1 saturated carbocycles. The third-order valence-electron chi connectivity index (χ3n) is 5.07. The van der Waals surface area contributed by atoms with Gasteiger partial charge in [0.2, 0.25) is 5.91 Å². The summed E-state index contributed by atoms with van der Waals surface area (Å²) in [6.07, 6.45) is 6.21. The fourth-order valence-electron chi connectivity index (χ4n) is 3.17. The highest BCUT2D eigenvalue weighted by molar-refractivity contribution is 5.83. The Morgan fingerprint density at radius 2 is 2.11 bits per heavy atom. The summed E-state index contributed by atoms with van der Waals surface area (Å²) in [4.78, 5) is 12.3. The quantitative estimate of drug-likeness (QED) is 0.798. The largest absolute Gasteiger partial charge is 0.379 e. The molecule has 104 valence electrons. The molecule has 2 rings (SSSR count). The van der Waals surface area contributed by atoms with Crippen LogP contribution in [0, 0.1) is 10.8 Å². The van der Waals surface area contributed by atoms with Crippen molar-refractivity contribution in [1.29, 1.82) is 0 Å². The Morgan fingerprint density at radius 3 is 2.61 bits per heavy atom. The van der Waals surface area contributed by atoms with Crippen molar-refractivity contribution in [2.24, 2.45) is 16.6 Å². The summed E-state index contributed by atoms with van der Waals surface area (Å²) in [5.74, 6) is 0.0622. The maximum atomic E-state index is 12.3. The standard InChI is InChI=1S/C14H26N2O2/c1-3-14(6-4-5-7-14)9-16-12(17)13(2)10-18-8-11(13)15/h11H,3-10,15H2,1-2H3,(H,16,17). The van der Waals surface area contributed by atoms with Crippen LogP contribution in [0.4, 0.5) is 0 Å². The molecule has 1 aliphatic heterocycles. The Kier molecular flexibility index (Phi) is 3.97. The highest BCUT2D eigenvalue weighted by Gasteiger charge is 2.45. The molecule has 2 unspecified atom stereocenters. The fraction of sp³-hybridized carbons (Fsp3) is 0.929. The molecule has 3 N–H and O–H groups in total. The van der Waals surface area contributed by atoms with Gasteiger partial charge in [0, 0.05) is 12.6 Å². The zero-order valence-electron chi connectivity index (χ0n) is 11.6. The summed E-state index contributed by atoms with van der Waals surface area (Å²) < 4.78 is 5.33. The predicted octanol–water partition coefficient (Wildman–Crippen LogP) is 1.44. The lowest BCUT2D eigenvalue weighted by Gasteiger charge is -2.31. The number of rotatable bonds is 4. The molecule has 1 aliphatic carbocycles. The Morgan fingerprint density at radius 1 is 1.44 bits per heavy atom. The van der Waals surface area contributed by atoms with E-state index in [1.807, 2.05) is 6.92 Å². The van der Waals surface area contributed by atoms with Crippen LogP contribution in [0.1, 0.15) is 46.0 Å². The van der Waals surface area contributed by atoms with Crippen molar-refractivity contribution in [2.45, 2.75) is 52.0 Å². The molecule has 2 fully saturated rings. The fourth-order valence-corrected chi connectivity index (χ4v) is 3.17. The normalized spacial score (nSPS) is 34.7. The second kappa shape index (κ2) is 5.17. The maximum absolute atomic E-state index is 12.3. The molecule has 2 aliphatic rings. The Labute approximate surface area is 110 Å². The molecular formula is C14H26N2O2. The minimum atomic E-state index is -0.548. The van der Waals surface area contributed by atoms with Crippen LogP contribution < -0.4 is 11.1 Å². The van der Waals surface area contributed by atoms with E-state index >= 15 is 0 Å². The van der Waals surface area contributed by atoms with Gasteiger partial charge in [-0.15, -0.1) is 0 Å². The Hall–Kier alpha value is -0.610. The number of carbonyl (C=O) groups excluding carboxylic acids is 1. The van der Waals surface area contributed by atoms with E-state index < -0.39 is 5.41 Å². The summed E-state index contributed by atoms with van der Waals surface area (Å²) in [5, 5.41) is 3.13. The van der Waals surface area contributed by atoms with Gasteiger partial charge in [-0.2, -0.15) is 0 Å². The molecule has 0 aromatic carbocycles. The molecule has 2 atom stereocenters. The number of amides is 1. The van der Waals surface area contributed by atoms with Crippen molar-refractivity contribution in [3.05, 3.63) is 0 Å². The molecule has 18 heavy (non-hydrogen) atoms. The van der Waals surface area contributed by atoms with E-state index in [2.05, 4.69) is 12.2 Å². The average Bonchev–Trinajstić information content (AvgIpc) is 2.96. The third kappa shape index (κ3) is 2.41. The summed E-state index contributed by atoms with van der Waals surface area (Å²) >= 11 is 0. The molecule has 0 bridgehead atoms. The van der Waals surface area contributed by atoms with Crippen molar-refractivity contribution in [3.63, 3.8) is 0 Å². The average molecular weight is 254 g/mol. The highest BCUT2D eigenvalue weighted by Crippen LogP contribution is 2.40. The second-order valence-corrected chi connectivity index (χ2v) is 6.28. The van der Waals surface area contributed by atoms with Crippen LogP contribution in [0.5, 0.6) is 0 Å². The molecule has 0 radical (unpaired) electrons. The van der Waals surface area contributed by atoms with E-state index in [-0.39, 0.29) is 11.9 Å². The lowest BCUT2D eigenvalue weighted by molar-refractivity contribution is -0.131. The topological polar surface area (TPSA) is 64.3 Å². The molecular weight excluding hydrogens is 228 g/mol. The number of nitrogens with one attached hydrogen (secondary N) is 1. The lowest BCUT2D eigenvalue weighted by atomic mass is 9.81. The monoisotopic (exact) mass is 254 g/mol. The Bertz CT molecular complexity index is 313. The zero-order chi connectivity index (χ0) is 13.2. The van der Waals surface area contributed by atoms with Crippen LogP contribution in [-0.4, -0.2) is 31.7 Å². The summed E-state index contributed by atoms with van der Waals surface area (Å²) in [5.41, 5.74) is 5.76. The van der Waals surface area contributed by atoms with E-state index in [4.69, 9.17) is 10.5 Å². The molecule has 1 saturated heterocycles. The van der Waals surface area contributed by atoms with Crippen LogP contribution in [-0.2, 0) is 9.53 Å². The molecule has 1 amide bonds. The van der Waals surface area contributed by atoms with E-state index in [9.17, 15) is 4.79 Å². The smallest absolute Gasteiger partial charge is 0.229 e. The maximum Gasteiger partial charge on any atom is 0.229 e. The lowest BCUT2D eigenvalue weighted by Crippen LogP contribution is -2.51. The van der Waals surface area contributed by atoms with Crippen molar-refractivity contribution in [3.8, 4) is 0 Å². The van der Waals surface area contributed by atoms with Gasteiger partial charge in [-0.25, -0.2) is 0 Å². The van der Waals surface area contributed by atoms with Crippen molar-refractivity contribution < 1.29 is 9.53 Å². The van der Waals surface area contributed by atoms with Gasteiger partial charge in [-0.1, -0.05) is 19.8 Å². The van der Waals surface area contributed by atoms with Crippen LogP contribution in [0.25, 0.3) is 0 Å². The minimum absolute atomic E-state index is 0.0622. The highest BCUT2D eigenvalue weighted by atomic mass is 16.5. The van der Waals surface area contributed by atoms with Gasteiger partial charge < -0.3 is 15.8 Å². The first-order chi connectivity index (χ1) is 8.52. The first-order valence-corrected chi connectivity index (χ1v) is 7.14. The number of hydrogen-bond donors (Lipinski definition) is 2. The second-order valence-electron chi connectivity index (χ2n) is 6.28. The van der Waals surface area contributed by atoms with E-state index in [1.54, 1.807) is 0 Å². The molecule has 4 nitrogen and oxygen atoms in total. The van der Waals surface area contributed by atoms with E-state index in [0.717, 1.165) is 13.0 Å². The van der Waals surface area contributed by atoms with E-state index in [1.165, 1.54) is 25.7 Å². The van der Waals surface area contributed by atoms with Crippen LogP contribution in [0.15, 0.2) is 0 Å². The Balaban J connectivity index is 1.91. The van der Waals surface area contributed by atoms with Crippen LogP contribution >= 0.6 is 0 Å². The minimum Gasteiger partial charge on any atom is -0.379 e. The molecule has 0 spiro atoms. The van der Waals surface area contributed by atoms with Crippen molar-refractivity contribution in [2.75, 3.05) is 19.8 Å². The van der Waals surface area contributed by atoms with Crippen LogP contribution in [0.2, 0.25) is 0 Å². The number of nitrogens with two attached hydrogens (primary N) is 1. The number of hydrogen-bond acceptors (Lipinski definition) is 3. The van der Waals surface area contributed by atoms with Gasteiger partial charge in [0.25, 0.3) is 0 Å². The molecule has 1 heterocycles. The van der Waals surface area contributed by atoms with Gasteiger partial charge in [-0.05, 0) is 31.6 Å². The summed E-state index contributed by atoms with van der Waals surface area (Å²) in [6.45, 7) is 5.86. The van der Waals surface area contributed by atoms with E-state index in [0.29, 0.717) is 18.6 Å². The molecule has 0 aromatic rings. The van der Waals surface area contributed by atoms with Crippen molar-refractivity contribution in [1.82, 2.24) is 5.32 Å². The molecule has 4 heteroatoms. The third-order valence-corrected chi connectivity index (χ3v) is 5.07. The van der Waals surface area contributed by atoms with Gasteiger partial charge in [0.05, 0.1) is 18.6 Å². The van der Waals surface area contributed by atoms with Gasteiger partial charge in [0.15, 0.2) is 0 Å². The first-order valence-electron chi connectivity index (χ1n) is 7.14. The number of carbonyl (C=O) groups is 1. The summed E-state index contributed by atoms with van der Waals surface area (Å²) in [6, 6.07) is -0.182. The van der Waals surface area contributed by atoms with Gasteiger partial charge in [-0.3, -0.25) is 4.79 Å². The molecule has 0 aromatic heterocycles. The number of ether oxygens (including phenoxy) is 1.